The molecule has 0 spiro atoms. The Kier molecular flexibility index (Phi) is 5.74. The lowest BCUT2D eigenvalue weighted by atomic mass is 9.96. The number of nitrogens with one attached hydrogen (secondary N) is 1. The number of amides is 1. The van der Waals surface area contributed by atoms with Crippen LogP contribution in [0.2, 0.25) is 0 Å². The minimum Gasteiger partial charge on any atom is -0.497 e. The van der Waals surface area contributed by atoms with Crippen molar-refractivity contribution < 1.29 is 28.2 Å². The maximum atomic E-state index is 13.7. The highest BCUT2D eigenvalue weighted by molar-refractivity contribution is 6.12. The van der Waals surface area contributed by atoms with Crippen molar-refractivity contribution in [1.29, 1.82) is 0 Å². The fraction of sp³-hybridized carbons (Fsp3) is 0.192. The van der Waals surface area contributed by atoms with Gasteiger partial charge in [-0.05, 0) is 55.5 Å². The van der Waals surface area contributed by atoms with E-state index in [1.54, 1.807) is 74.8 Å². The van der Waals surface area contributed by atoms with Crippen molar-refractivity contribution in [2.24, 2.45) is 0 Å². The van der Waals surface area contributed by atoms with E-state index in [2.05, 4.69) is 10.2 Å². The van der Waals surface area contributed by atoms with Gasteiger partial charge in [-0.2, -0.15) is 5.10 Å². The van der Waals surface area contributed by atoms with Gasteiger partial charge in [-0.1, -0.05) is 0 Å². The summed E-state index contributed by atoms with van der Waals surface area (Å²) in [5, 5.41) is 7.29. The monoisotopic (exact) mass is 473 g/mol. The summed E-state index contributed by atoms with van der Waals surface area (Å²) in [5.41, 5.74) is 3.29. The summed E-state index contributed by atoms with van der Waals surface area (Å²) in [6.07, 6.45) is 1.56. The molecule has 0 fully saturated rings. The van der Waals surface area contributed by atoms with Crippen LogP contribution < -0.4 is 14.4 Å². The number of methoxy groups -OCH3 is 2. The number of carbonyl (C=O) groups is 2. The molecule has 5 rings (SSSR count). The van der Waals surface area contributed by atoms with Crippen LogP contribution in [0.1, 0.15) is 44.9 Å². The van der Waals surface area contributed by atoms with Crippen LogP contribution in [-0.2, 0) is 4.74 Å². The van der Waals surface area contributed by atoms with Crippen LogP contribution in [0.25, 0.3) is 11.5 Å². The predicted octanol–water partition coefficient (Wildman–Crippen LogP) is 4.61. The van der Waals surface area contributed by atoms with Crippen molar-refractivity contribution in [3.63, 3.8) is 0 Å². The number of nitrogens with zero attached hydrogens (tertiary/aromatic N) is 2. The van der Waals surface area contributed by atoms with E-state index >= 15 is 0 Å². The molecule has 9 heteroatoms. The van der Waals surface area contributed by atoms with Crippen LogP contribution in [0, 0.1) is 0 Å². The van der Waals surface area contributed by atoms with Gasteiger partial charge in [0.25, 0.3) is 5.91 Å². The quantitative estimate of drug-likeness (QED) is 0.391. The molecule has 178 valence electrons. The second-order valence-corrected chi connectivity index (χ2v) is 7.79. The van der Waals surface area contributed by atoms with Crippen molar-refractivity contribution in [3.8, 4) is 23.0 Å². The standard InChI is InChI=1S/C26H23N3O6/c1-4-34-26(31)15-7-9-16(10-8-15)29-24(18-12-11-17(32-2)14-20(18)33-3)21-22(19-6-5-13-35-19)27-28-23(21)25(29)30/h5-14,24H,4H2,1-3H3,(H,27,28)/t24-/m1/s1. The van der Waals surface area contributed by atoms with Gasteiger partial charge in [0.1, 0.15) is 17.2 Å². The van der Waals surface area contributed by atoms with Crippen LogP contribution in [0.3, 0.4) is 0 Å². The van der Waals surface area contributed by atoms with Gasteiger partial charge in [0.2, 0.25) is 0 Å². The van der Waals surface area contributed by atoms with Crippen molar-refractivity contribution in [2.75, 3.05) is 25.7 Å². The summed E-state index contributed by atoms with van der Waals surface area (Å²) in [5.74, 6) is 1.02. The molecule has 2 aromatic heterocycles. The number of rotatable bonds is 7. The van der Waals surface area contributed by atoms with E-state index in [1.807, 2.05) is 12.1 Å². The van der Waals surface area contributed by atoms with Crippen molar-refractivity contribution >= 4 is 17.6 Å². The van der Waals surface area contributed by atoms with Crippen molar-refractivity contribution in [3.05, 3.63) is 83.2 Å². The van der Waals surface area contributed by atoms with Crippen LogP contribution in [0.5, 0.6) is 11.5 Å². The molecular formula is C26H23N3O6. The molecule has 1 amide bonds. The Morgan fingerprint density at radius 1 is 1.11 bits per heavy atom. The average molecular weight is 473 g/mol. The number of hydrogen-bond acceptors (Lipinski definition) is 7. The fourth-order valence-corrected chi connectivity index (χ4v) is 4.33. The summed E-state index contributed by atoms with van der Waals surface area (Å²) in [6, 6.07) is 15.2. The summed E-state index contributed by atoms with van der Waals surface area (Å²) in [7, 11) is 3.14. The van der Waals surface area contributed by atoms with E-state index in [0.29, 0.717) is 39.8 Å². The highest BCUT2D eigenvalue weighted by atomic mass is 16.5. The minimum atomic E-state index is -0.578. The molecule has 1 atom stereocenters. The molecule has 2 aromatic carbocycles. The Balaban J connectivity index is 1.67. The van der Waals surface area contributed by atoms with E-state index in [-0.39, 0.29) is 18.2 Å². The Hall–Kier alpha value is -4.53. The first kappa shape index (κ1) is 22.3. The molecule has 0 saturated carbocycles. The highest BCUT2D eigenvalue weighted by Crippen LogP contribution is 2.47. The first-order chi connectivity index (χ1) is 17.1. The van der Waals surface area contributed by atoms with Gasteiger partial charge in [-0.15, -0.1) is 0 Å². The minimum absolute atomic E-state index is 0.279. The molecular weight excluding hydrogens is 450 g/mol. The maximum absolute atomic E-state index is 13.7. The number of H-pyrrole nitrogens is 1. The predicted molar refractivity (Wildman–Crippen MR) is 127 cm³/mol. The van der Waals surface area contributed by atoms with Crippen LogP contribution in [0.15, 0.2) is 65.3 Å². The molecule has 35 heavy (non-hydrogen) atoms. The Bertz CT molecular complexity index is 1370. The molecule has 0 saturated heterocycles. The molecule has 0 unspecified atom stereocenters. The topological polar surface area (TPSA) is 107 Å². The Morgan fingerprint density at radius 2 is 1.91 bits per heavy atom. The summed E-state index contributed by atoms with van der Waals surface area (Å²) < 4.78 is 21.7. The van der Waals surface area contributed by atoms with Crippen LogP contribution >= 0.6 is 0 Å². The van der Waals surface area contributed by atoms with Gasteiger partial charge >= 0.3 is 5.97 Å². The van der Waals surface area contributed by atoms with Gasteiger partial charge in [0, 0.05) is 22.9 Å². The molecule has 1 N–H and O–H groups in total. The van der Waals surface area contributed by atoms with E-state index in [4.69, 9.17) is 18.6 Å². The SMILES string of the molecule is CCOC(=O)c1ccc(N2C(=O)c3n[nH]c(-c4ccco4)c3[C@H]2c2ccc(OC)cc2OC)cc1. The number of anilines is 1. The van der Waals surface area contributed by atoms with Gasteiger partial charge in [0.15, 0.2) is 11.5 Å². The molecule has 0 aliphatic carbocycles. The van der Waals surface area contributed by atoms with E-state index < -0.39 is 12.0 Å². The molecule has 0 bridgehead atoms. The molecule has 4 aromatic rings. The molecule has 0 radical (unpaired) electrons. The lowest BCUT2D eigenvalue weighted by molar-refractivity contribution is 0.0526. The zero-order valence-corrected chi connectivity index (χ0v) is 19.4. The van der Waals surface area contributed by atoms with E-state index in [9.17, 15) is 9.59 Å². The number of hydrogen-bond donors (Lipinski definition) is 1. The highest BCUT2D eigenvalue weighted by Gasteiger charge is 2.45. The smallest absolute Gasteiger partial charge is 0.338 e. The van der Waals surface area contributed by atoms with E-state index in [0.717, 1.165) is 5.56 Å². The van der Waals surface area contributed by atoms with Crippen LogP contribution in [0.4, 0.5) is 5.69 Å². The van der Waals surface area contributed by atoms with Gasteiger partial charge < -0.3 is 18.6 Å². The molecule has 1 aliphatic heterocycles. The number of esters is 1. The second kappa shape index (κ2) is 9.02. The van der Waals surface area contributed by atoms with Gasteiger partial charge in [0.05, 0.1) is 38.7 Å². The normalized spacial score (nSPS) is 14.7. The summed E-state index contributed by atoms with van der Waals surface area (Å²) >= 11 is 0. The third-order valence-corrected chi connectivity index (χ3v) is 5.92. The second-order valence-electron chi connectivity index (χ2n) is 7.79. The maximum Gasteiger partial charge on any atom is 0.338 e. The third-order valence-electron chi connectivity index (χ3n) is 5.92. The number of aromatic nitrogens is 2. The lowest BCUT2D eigenvalue weighted by Crippen LogP contribution is -2.29. The largest absolute Gasteiger partial charge is 0.497 e. The number of furan rings is 1. The number of fused-ring (bicyclic) bond motifs is 1. The number of aromatic amines is 1. The Labute approximate surface area is 201 Å². The van der Waals surface area contributed by atoms with E-state index in [1.165, 1.54) is 0 Å². The molecule has 3 heterocycles. The summed E-state index contributed by atoms with van der Waals surface area (Å²) in [4.78, 5) is 27.4. The zero-order valence-electron chi connectivity index (χ0n) is 19.4. The summed E-state index contributed by atoms with van der Waals surface area (Å²) in [6.45, 7) is 2.03. The van der Waals surface area contributed by atoms with Crippen molar-refractivity contribution in [2.45, 2.75) is 13.0 Å². The van der Waals surface area contributed by atoms with Gasteiger partial charge in [-0.3, -0.25) is 14.8 Å². The third kappa shape index (κ3) is 3.71. The first-order valence-electron chi connectivity index (χ1n) is 11.0. The zero-order chi connectivity index (χ0) is 24.5. The van der Waals surface area contributed by atoms with Crippen LogP contribution in [-0.4, -0.2) is 42.9 Å². The lowest BCUT2D eigenvalue weighted by Gasteiger charge is -2.27. The molecule has 9 nitrogen and oxygen atoms in total. The Morgan fingerprint density at radius 3 is 2.57 bits per heavy atom. The van der Waals surface area contributed by atoms with Crippen molar-refractivity contribution in [1.82, 2.24) is 10.2 Å². The number of carbonyl (C=O) groups excluding carboxylic acids is 2. The first-order valence-corrected chi connectivity index (χ1v) is 11.0. The number of ether oxygens (including phenoxy) is 3. The molecule has 1 aliphatic rings. The number of benzene rings is 2. The average Bonchev–Trinajstić information content (AvgIpc) is 3.62. The fourth-order valence-electron chi connectivity index (χ4n) is 4.33. The van der Waals surface area contributed by atoms with Gasteiger partial charge in [-0.25, -0.2) is 4.79 Å².